The molecule has 2 aliphatic rings. The molecule has 0 saturated carbocycles. The van der Waals surface area contributed by atoms with E-state index < -0.39 is 5.60 Å². The summed E-state index contributed by atoms with van der Waals surface area (Å²) in [6, 6.07) is 7.83. The molecule has 2 aliphatic heterocycles. The van der Waals surface area contributed by atoms with Crippen molar-refractivity contribution in [2.24, 2.45) is 5.92 Å². The molecule has 6 nitrogen and oxygen atoms in total. The highest BCUT2D eigenvalue weighted by Gasteiger charge is 2.39. The van der Waals surface area contributed by atoms with Gasteiger partial charge in [0.05, 0.1) is 5.69 Å². The predicted molar refractivity (Wildman–Crippen MR) is 94.5 cm³/mol. The second-order valence-electron chi connectivity index (χ2n) is 7.81. The fourth-order valence-corrected chi connectivity index (χ4v) is 3.50. The third kappa shape index (κ3) is 3.72. The number of fused-ring (bicyclic) bond motifs is 1. The molecule has 0 bridgehead atoms. The van der Waals surface area contributed by atoms with E-state index in [1.807, 2.05) is 45.0 Å². The van der Waals surface area contributed by atoms with E-state index in [9.17, 15) is 9.59 Å². The highest BCUT2D eigenvalue weighted by Crippen LogP contribution is 2.33. The van der Waals surface area contributed by atoms with Crippen molar-refractivity contribution in [1.29, 1.82) is 0 Å². The van der Waals surface area contributed by atoms with Crippen molar-refractivity contribution in [2.75, 3.05) is 18.0 Å². The van der Waals surface area contributed by atoms with Crippen LogP contribution in [-0.4, -0.2) is 41.8 Å². The van der Waals surface area contributed by atoms with Crippen LogP contribution in [0.2, 0.25) is 0 Å². The number of benzene rings is 1. The summed E-state index contributed by atoms with van der Waals surface area (Å²) in [7, 11) is 0. The van der Waals surface area contributed by atoms with Crippen molar-refractivity contribution in [2.45, 2.75) is 52.4 Å². The van der Waals surface area contributed by atoms with E-state index >= 15 is 0 Å². The second kappa shape index (κ2) is 6.58. The van der Waals surface area contributed by atoms with Gasteiger partial charge in [-0.2, -0.15) is 0 Å². The molecular weight excluding hydrogens is 320 g/mol. The molecule has 2 heterocycles. The Morgan fingerprint density at radius 1 is 1.28 bits per heavy atom. The van der Waals surface area contributed by atoms with Gasteiger partial charge in [-0.25, -0.2) is 9.59 Å². The van der Waals surface area contributed by atoms with Gasteiger partial charge in [0.15, 0.2) is 0 Å². The van der Waals surface area contributed by atoms with Crippen molar-refractivity contribution >= 4 is 17.9 Å². The molecule has 1 aromatic rings. The predicted octanol–water partition coefficient (Wildman–Crippen LogP) is 3.79. The summed E-state index contributed by atoms with van der Waals surface area (Å²) in [6.45, 7) is 9.09. The first kappa shape index (κ1) is 17.6. The molecule has 0 aliphatic carbocycles. The summed E-state index contributed by atoms with van der Waals surface area (Å²) in [4.78, 5) is 28.2. The fourth-order valence-electron chi connectivity index (χ4n) is 3.50. The van der Waals surface area contributed by atoms with Crippen LogP contribution in [0.15, 0.2) is 24.3 Å². The number of anilines is 1. The number of cyclic esters (lactones) is 1. The summed E-state index contributed by atoms with van der Waals surface area (Å²) in [5, 5.41) is 0. The van der Waals surface area contributed by atoms with Crippen molar-refractivity contribution in [3.8, 4) is 0 Å². The number of para-hydroxylation sites is 1. The number of carbonyl (C=O) groups is 2. The molecular formula is C19H26N2O4. The molecule has 0 spiro atoms. The SMILES string of the molecule is C[C@H]1CN(C(=O)OC(C)(C)C)CC[C@H]1N1C(=O)OCc2ccccc21. The molecule has 2 atom stereocenters. The van der Waals surface area contributed by atoms with E-state index in [4.69, 9.17) is 9.47 Å². The molecule has 0 radical (unpaired) electrons. The topological polar surface area (TPSA) is 59.1 Å². The average Bonchev–Trinajstić information content (AvgIpc) is 2.54. The standard InChI is InChI=1S/C19H26N2O4/c1-13-11-20(17(22)25-19(2,3)4)10-9-15(13)21-16-8-6-5-7-14(16)12-24-18(21)23/h5-8,13,15H,9-12H2,1-4H3/t13-,15+/m0/s1. The number of rotatable bonds is 1. The van der Waals surface area contributed by atoms with Crippen LogP contribution in [0.25, 0.3) is 0 Å². The van der Waals surface area contributed by atoms with Gasteiger partial charge >= 0.3 is 12.2 Å². The van der Waals surface area contributed by atoms with Gasteiger partial charge in [0.2, 0.25) is 0 Å². The van der Waals surface area contributed by atoms with Crippen LogP contribution in [0.1, 0.15) is 39.7 Å². The van der Waals surface area contributed by atoms with Crippen molar-refractivity contribution in [1.82, 2.24) is 4.90 Å². The molecule has 2 amide bonds. The van der Waals surface area contributed by atoms with Crippen LogP contribution in [-0.2, 0) is 16.1 Å². The lowest BCUT2D eigenvalue weighted by Gasteiger charge is -2.43. The summed E-state index contributed by atoms with van der Waals surface area (Å²) in [5.41, 5.74) is 1.43. The first-order chi connectivity index (χ1) is 11.8. The molecule has 1 fully saturated rings. The van der Waals surface area contributed by atoms with Crippen LogP contribution in [0.5, 0.6) is 0 Å². The maximum absolute atomic E-state index is 12.4. The van der Waals surface area contributed by atoms with Gasteiger partial charge < -0.3 is 14.4 Å². The van der Waals surface area contributed by atoms with Gasteiger partial charge in [0, 0.05) is 24.7 Å². The Kier molecular flexibility index (Phi) is 4.62. The average molecular weight is 346 g/mol. The zero-order chi connectivity index (χ0) is 18.2. The zero-order valence-corrected chi connectivity index (χ0v) is 15.3. The number of nitrogens with zero attached hydrogens (tertiary/aromatic N) is 2. The normalized spacial score (nSPS) is 23.8. The Labute approximate surface area is 148 Å². The Balaban J connectivity index is 1.74. The second-order valence-corrected chi connectivity index (χ2v) is 7.81. The molecule has 3 rings (SSSR count). The van der Waals surface area contributed by atoms with Crippen LogP contribution in [0.4, 0.5) is 15.3 Å². The summed E-state index contributed by atoms with van der Waals surface area (Å²) in [5.74, 6) is 0.125. The highest BCUT2D eigenvalue weighted by atomic mass is 16.6. The molecule has 0 aromatic heterocycles. The lowest BCUT2D eigenvalue weighted by Crippen LogP contribution is -2.55. The van der Waals surface area contributed by atoms with E-state index in [0.29, 0.717) is 26.1 Å². The van der Waals surface area contributed by atoms with Crippen molar-refractivity contribution in [3.63, 3.8) is 0 Å². The largest absolute Gasteiger partial charge is 0.444 e. The van der Waals surface area contributed by atoms with Crippen LogP contribution >= 0.6 is 0 Å². The van der Waals surface area contributed by atoms with E-state index in [-0.39, 0.29) is 24.1 Å². The first-order valence-electron chi connectivity index (χ1n) is 8.78. The van der Waals surface area contributed by atoms with Gasteiger partial charge in [0.1, 0.15) is 12.2 Å². The van der Waals surface area contributed by atoms with Gasteiger partial charge in [-0.3, -0.25) is 4.90 Å². The number of amides is 2. The van der Waals surface area contributed by atoms with Crippen molar-refractivity contribution < 1.29 is 19.1 Å². The number of hydrogen-bond acceptors (Lipinski definition) is 4. The smallest absolute Gasteiger partial charge is 0.414 e. The van der Waals surface area contributed by atoms with E-state index in [1.54, 1.807) is 9.80 Å². The Hall–Kier alpha value is -2.24. The van der Waals surface area contributed by atoms with Gasteiger partial charge in [-0.1, -0.05) is 25.1 Å². The molecule has 136 valence electrons. The summed E-state index contributed by atoms with van der Waals surface area (Å²) >= 11 is 0. The summed E-state index contributed by atoms with van der Waals surface area (Å²) in [6.07, 6.45) is 0.102. The monoisotopic (exact) mass is 346 g/mol. The van der Waals surface area contributed by atoms with E-state index in [0.717, 1.165) is 11.3 Å². The minimum atomic E-state index is -0.507. The van der Waals surface area contributed by atoms with Gasteiger partial charge in [-0.15, -0.1) is 0 Å². The number of carbonyl (C=O) groups excluding carboxylic acids is 2. The Bertz CT molecular complexity index is 668. The first-order valence-corrected chi connectivity index (χ1v) is 8.78. The van der Waals surface area contributed by atoms with Crippen molar-refractivity contribution in [3.05, 3.63) is 29.8 Å². The molecule has 6 heteroatoms. The minimum Gasteiger partial charge on any atom is -0.444 e. The number of likely N-dealkylation sites (tertiary alicyclic amines) is 1. The van der Waals surface area contributed by atoms with Crippen LogP contribution < -0.4 is 4.90 Å². The number of hydrogen-bond donors (Lipinski definition) is 0. The zero-order valence-electron chi connectivity index (χ0n) is 15.3. The highest BCUT2D eigenvalue weighted by molar-refractivity contribution is 5.91. The lowest BCUT2D eigenvalue weighted by molar-refractivity contribution is 0.0153. The fraction of sp³-hybridized carbons (Fsp3) is 0.579. The maximum atomic E-state index is 12.4. The Morgan fingerprint density at radius 2 is 2.00 bits per heavy atom. The van der Waals surface area contributed by atoms with E-state index in [2.05, 4.69) is 6.92 Å². The van der Waals surface area contributed by atoms with E-state index in [1.165, 1.54) is 0 Å². The molecule has 1 saturated heterocycles. The number of piperidine rings is 1. The third-order valence-electron chi connectivity index (χ3n) is 4.64. The maximum Gasteiger partial charge on any atom is 0.414 e. The van der Waals surface area contributed by atoms with Crippen LogP contribution in [0.3, 0.4) is 0 Å². The van der Waals surface area contributed by atoms with Gasteiger partial charge in [-0.05, 0) is 39.2 Å². The number of ether oxygens (including phenoxy) is 2. The lowest BCUT2D eigenvalue weighted by atomic mass is 9.91. The Morgan fingerprint density at radius 3 is 2.68 bits per heavy atom. The minimum absolute atomic E-state index is 0.00707. The summed E-state index contributed by atoms with van der Waals surface area (Å²) < 4.78 is 10.8. The third-order valence-corrected chi connectivity index (χ3v) is 4.64. The molecule has 1 aromatic carbocycles. The van der Waals surface area contributed by atoms with Gasteiger partial charge in [0.25, 0.3) is 0 Å². The molecule has 0 unspecified atom stereocenters. The molecule has 25 heavy (non-hydrogen) atoms. The quantitative estimate of drug-likeness (QED) is 0.776. The van der Waals surface area contributed by atoms with Crippen LogP contribution in [0, 0.1) is 5.92 Å². The molecule has 0 N–H and O–H groups in total.